The van der Waals surface area contributed by atoms with Gasteiger partial charge in [-0.05, 0) is 38.7 Å². The van der Waals surface area contributed by atoms with Crippen molar-refractivity contribution in [3.8, 4) is 0 Å². The molecule has 2 heterocycles. The molecule has 0 N–H and O–H groups in total. The van der Waals surface area contributed by atoms with Gasteiger partial charge in [0, 0.05) is 32.2 Å². The number of hydrogen-bond donors (Lipinski definition) is 0. The van der Waals surface area contributed by atoms with Gasteiger partial charge in [0.25, 0.3) is 5.56 Å². The van der Waals surface area contributed by atoms with E-state index in [4.69, 9.17) is 4.74 Å². The normalized spacial score (nSPS) is 18.0. The fourth-order valence-electron chi connectivity index (χ4n) is 3.39. The van der Waals surface area contributed by atoms with Gasteiger partial charge >= 0.3 is 6.09 Å². The quantitative estimate of drug-likeness (QED) is 0.798. The SMILES string of the molecule is CCOC(=O)N1CCN(C(=O)C(C)n2nc3c(cc2=O)CCC3)CC1. The predicted molar refractivity (Wildman–Crippen MR) is 90.4 cm³/mol. The first-order chi connectivity index (χ1) is 12.0. The summed E-state index contributed by atoms with van der Waals surface area (Å²) in [4.78, 5) is 40.0. The van der Waals surface area contributed by atoms with Crippen LogP contribution in [-0.2, 0) is 22.4 Å². The highest BCUT2D eigenvalue weighted by atomic mass is 16.6. The fraction of sp³-hybridized carbons (Fsp3) is 0.647. The highest BCUT2D eigenvalue weighted by Crippen LogP contribution is 2.18. The minimum Gasteiger partial charge on any atom is -0.450 e. The van der Waals surface area contributed by atoms with Gasteiger partial charge in [-0.1, -0.05) is 0 Å². The lowest BCUT2D eigenvalue weighted by Gasteiger charge is -2.35. The molecule has 2 amide bonds. The molecule has 1 atom stereocenters. The number of rotatable bonds is 3. The standard InChI is InChI=1S/C17H24N4O4/c1-3-25-17(24)20-9-7-19(8-10-20)16(23)12(2)21-15(22)11-13-5-4-6-14(13)18-21/h11-12H,3-10H2,1-2H3. The zero-order chi connectivity index (χ0) is 18.0. The molecule has 25 heavy (non-hydrogen) atoms. The molecule has 8 heteroatoms. The van der Waals surface area contributed by atoms with Crippen molar-refractivity contribution in [3.63, 3.8) is 0 Å². The average molecular weight is 348 g/mol. The van der Waals surface area contributed by atoms with Crippen molar-refractivity contribution in [3.05, 3.63) is 27.7 Å². The van der Waals surface area contributed by atoms with Gasteiger partial charge < -0.3 is 14.5 Å². The number of hydrogen-bond acceptors (Lipinski definition) is 5. The van der Waals surface area contributed by atoms with E-state index in [1.165, 1.54) is 4.68 Å². The van der Waals surface area contributed by atoms with Crippen LogP contribution in [-0.4, -0.2) is 64.4 Å². The molecule has 136 valence electrons. The van der Waals surface area contributed by atoms with E-state index in [0.717, 1.165) is 30.5 Å². The smallest absolute Gasteiger partial charge is 0.409 e. The van der Waals surface area contributed by atoms with Crippen LogP contribution >= 0.6 is 0 Å². The molecular formula is C17H24N4O4. The second-order valence-corrected chi connectivity index (χ2v) is 6.44. The Hall–Kier alpha value is -2.38. The molecule has 1 saturated heterocycles. The van der Waals surface area contributed by atoms with E-state index in [1.807, 2.05) is 0 Å². The van der Waals surface area contributed by atoms with Crippen LogP contribution in [0.4, 0.5) is 4.79 Å². The molecule has 0 aromatic carbocycles. The number of aryl methyl sites for hydroxylation is 2. The molecule has 0 bridgehead atoms. The van der Waals surface area contributed by atoms with Crippen molar-refractivity contribution in [1.82, 2.24) is 19.6 Å². The van der Waals surface area contributed by atoms with E-state index < -0.39 is 6.04 Å². The summed E-state index contributed by atoms with van der Waals surface area (Å²) in [6.45, 7) is 5.54. The third kappa shape index (κ3) is 3.52. The first-order valence-electron chi connectivity index (χ1n) is 8.83. The summed E-state index contributed by atoms with van der Waals surface area (Å²) < 4.78 is 6.28. The summed E-state index contributed by atoms with van der Waals surface area (Å²) in [5.41, 5.74) is 1.70. The van der Waals surface area contributed by atoms with Crippen LogP contribution in [0.5, 0.6) is 0 Å². The molecule has 8 nitrogen and oxygen atoms in total. The van der Waals surface area contributed by atoms with Crippen LogP contribution in [0.1, 0.15) is 37.6 Å². The number of ether oxygens (including phenoxy) is 1. The van der Waals surface area contributed by atoms with Crippen molar-refractivity contribution in [2.75, 3.05) is 32.8 Å². The minimum atomic E-state index is -0.646. The second kappa shape index (κ2) is 7.25. The number of fused-ring (bicyclic) bond motifs is 1. The van der Waals surface area contributed by atoms with E-state index in [-0.39, 0.29) is 17.6 Å². The average Bonchev–Trinajstić information content (AvgIpc) is 3.07. The molecule has 1 aromatic heterocycles. The van der Waals surface area contributed by atoms with Gasteiger partial charge in [-0.2, -0.15) is 5.10 Å². The Morgan fingerprint density at radius 2 is 1.88 bits per heavy atom. The maximum Gasteiger partial charge on any atom is 0.409 e. The van der Waals surface area contributed by atoms with Gasteiger partial charge in [0.05, 0.1) is 12.3 Å². The van der Waals surface area contributed by atoms with Gasteiger partial charge in [0.1, 0.15) is 6.04 Å². The molecule has 1 unspecified atom stereocenters. The Labute approximate surface area is 146 Å². The Kier molecular flexibility index (Phi) is 5.06. The summed E-state index contributed by atoms with van der Waals surface area (Å²) in [6, 6.07) is 0.963. The number of aromatic nitrogens is 2. The third-order valence-electron chi connectivity index (χ3n) is 4.82. The van der Waals surface area contributed by atoms with E-state index in [9.17, 15) is 14.4 Å². The molecule has 0 spiro atoms. The van der Waals surface area contributed by atoms with Crippen molar-refractivity contribution >= 4 is 12.0 Å². The summed E-state index contributed by atoms with van der Waals surface area (Å²) in [5, 5.41) is 4.41. The highest BCUT2D eigenvalue weighted by molar-refractivity contribution is 5.80. The monoisotopic (exact) mass is 348 g/mol. The topological polar surface area (TPSA) is 84.7 Å². The minimum absolute atomic E-state index is 0.143. The number of piperazine rings is 1. The molecule has 0 radical (unpaired) electrons. The van der Waals surface area contributed by atoms with E-state index in [1.54, 1.807) is 29.7 Å². The second-order valence-electron chi connectivity index (χ2n) is 6.44. The molecule has 1 fully saturated rings. The number of carbonyl (C=O) groups excluding carboxylic acids is 2. The summed E-state index contributed by atoms with van der Waals surface area (Å²) >= 11 is 0. The first-order valence-corrected chi connectivity index (χ1v) is 8.83. The van der Waals surface area contributed by atoms with Gasteiger partial charge in [-0.15, -0.1) is 0 Å². The Balaban J connectivity index is 1.66. The molecule has 0 saturated carbocycles. The van der Waals surface area contributed by atoms with Crippen molar-refractivity contribution in [2.45, 2.75) is 39.2 Å². The van der Waals surface area contributed by atoms with Crippen LogP contribution < -0.4 is 5.56 Å². The van der Waals surface area contributed by atoms with Crippen LogP contribution in [0.3, 0.4) is 0 Å². The van der Waals surface area contributed by atoms with Gasteiger partial charge in [-0.25, -0.2) is 9.48 Å². The lowest BCUT2D eigenvalue weighted by molar-refractivity contribution is -0.136. The van der Waals surface area contributed by atoms with E-state index in [0.29, 0.717) is 32.8 Å². The Bertz CT molecular complexity index is 722. The molecule has 1 aliphatic carbocycles. The van der Waals surface area contributed by atoms with E-state index >= 15 is 0 Å². The van der Waals surface area contributed by atoms with Gasteiger partial charge in [0.2, 0.25) is 5.91 Å². The van der Waals surface area contributed by atoms with Crippen LogP contribution in [0.2, 0.25) is 0 Å². The zero-order valence-electron chi connectivity index (χ0n) is 14.7. The fourth-order valence-corrected chi connectivity index (χ4v) is 3.39. The predicted octanol–water partition coefficient (Wildman–Crippen LogP) is 0.594. The highest BCUT2D eigenvalue weighted by Gasteiger charge is 2.29. The molecule has 2 aliphatic rings. The van der Waals surface area contributed by atoms with Crippen LogP contribution in [0, 0.1) is 0 Å². The molecule has 3 rings (SSSR count). The number of nitrogens with zero attached hydrogens (tertiary/aromatic N) is 4. The van der Waals surface area contributed by atoms with E-state index in [2.05, 4.69) is 5.10 Å². The van der Waals surface area contributed by atoms with Gasteiger partial charge in [-0.3, -0.25) is 9.59 Å². The van der Waals surface area contributed by atoms with Crippen molar-refractivity contribution in [1.29, 1.82) is 0 Å². The zero-order valence-corrected chi connectivity index (χ0v) is 14.7. The number of amides is 2. The van der Waals surface area contributed by atoms with Crippen LogP contribution in [0.15, 0.2) is 10.9 Å². The lowest BCUT2D eigenvalue weighted by Crippen LogP contribution is -2.52. The van der Waals surface area contributed by atoms with Crippen molar-refractivity contribution < 1.29 is 14.3 Å². The molecule has 1 aliphatic heterocycles. The Morgan fingerprint density at radius 3 is 2.56 bits per heavy atom. The molecular weight excluding hydrogens is 324 g/mol. The van der Waals surface area contributed by atoms with Crippen molar-refractivity contribution in [2.24, 2.45) is 0 Å². The van der Waals surface area contributed by atoms with Gasteiger partial charge in [0.15, 0.2) is 0 Å². The largest absolute Gasteiger partial charge is 0.450 e. The van der Waals surface area contributed by atoms with Crippen LogP contribution in [0.25, 0.3) is 0 Å². The third-order valence-corrected chi connectivity index (χ3v) is 4.82. The maximum absolute atomic E-state index is 12.7. The summed E-state index contributed by atoms with van der Waals surface area (Å²) in [6.07, 6.45) is 2.40. The lowest BCUT2D eigenvalue weighted by atomic mass is 10.2. The summed E-state index contributed by atoms with van der Waals surface area (Å²) in [5.74, 6) is -0.143. The Morgan fingerprint density at radius 1 is 1.20 bits per heavy atom. The maximum atomic E-state index is 12.7. The first kappa shape index (κ1) is 17.4. The molecule has 1 aromatic rings. The number of carbonyl (C=O) groups is 2. The summed E-state index contributed by atoms with van der Waals surface area (Å²) in [7, 11) is 0.